The molecule has 0 saturated carbocycles. The van der Waals surface area contributed by atoms with E-state index in [1.807, 2.05) is 6.56 Å². The number of hydrogen-bond donors (Lipinski definition) is 0. The standard InChI is InChI=1S/C4H9B2S/c1-4(2,3)6-7-5/h1-3H3. The van der Waals surface area contributed by atoms with Gasteiger partial charge in [0.05, 0.1) is 0 Å². The van der Waals surface area contributed by atoms with Crippen molar-refractivity contribution in [3.63, 3.8) is 0 Å². The summed E-state index contributed by atoms with van der Waals surface area (Å²) in [5.41, 5.74) is 0. The SMILES string of the molecule is [B]S[B]C(C)(C)C. The maximum Gasteiger partial charge on any atom is 0.180 e. The summed E-state index contributed by atoms with van der Waals surface area (Å²) >= 11 is 1.28. The molecule has 0 bridgehead atoms. The van der Waals surface area contributed by atoms with Crippen molar-refractivity contribution in [3.8, 4) is 0 Å². The quantitative estimate of drug-likeness (QED) is 0.463. The molecule has 0 nitrogen and oxygen atoms in total. The average Bonchev–Trinajstić information content (AvgIpc) is 1.30. The van der Waals surface area contributed by atoms with Gasteiger partial charge in [0.15, 0.2) is 6.56 Å². The van der Waals surface area contributed by atoms with Gasteiger partial charge in [-0.05, 0) is 0 Å². The fraction of sp³-hybridized carbons (Fsp3) is 1.00. The van der Waals surface area contributed by atoms with Crippen LogP contribution in [0.4, 0.5) is 0 Å². The van der Waals surface area contributed by atoms with Crippen LogP contribution in [0.5, 0.6) is 0 Å². The molecule has 0 spiro atoms. The monoisotopic (exact) mass is 111 g/mol. The summed E-state index contributed by atoms with van der Waals surface area (Å²) < 4.78 is 0. The minimum absolute atomic E-state index is 0.263. The zero-order valence-corrected chi connectivity index (χ0v) is 5.88. The van der Waals surface area contributed by atoms with Crippen LogP contribution in [0.2, 0.25) is 5.31 Å². The molecular weight excluding hydrogens is 102 g/mol. The second-order valence-electron chi connectivity index (χ2n) is 2.62. The van der Waals surface area contributed by atoms with Crippen LogP contribution in [-0.4, -0.2) is 13.7 Å². The molecule has 0 aromatic carbocycles. The third-order valence-corrected chi connectivity index (χ3v) is 1.26. The molecule has 0 fully saturated rings. The van der Waals surface area contributed by atoms with Gasteiger partial charge in [0.2, 0.25) is 0 Å². The first kappa shape index (κ1) is 7.48. The van der Waals surface area contributed by atoms with Gasteiger partial charge in [-0.25, -0.2) is 0 Å². The Bertz CT molecular complexity index is 48.1. The van der Waals surface area contributed by atoms with E-state index in [0.717, 1.165) is 0 Å². The largest absolute Gasteiger partial charge is 0.276 e. The molecule has 0 heterocycles. The van der Waals surface area contributed by atoms with Gasteiger partial charge in [-0.1, -0.05) is 26.1 Å². The van der Waals surface area contributed by atoms with E-state index in [4.69, 9.17) is 7.12 Å². The lowest BCUT2D eigenvalue weighted by atomic mass is 9.73. The summed E-state index contributed by atoms with van der Waals surface area (Å²) in [6, 6.07) is 0. The van der Waals surface area contributed by atoms with Gasteiger partial charge in [0.1, 0.15) is 7.12 Å². The normalized spacial score (nSPS) is 11.3. The van der Waals surface area contributed by atoms with E-state index >= 15 is 0 Å². The van der Waals surface area contributed by atoms with Crippen molar-refractivity contribution in [3.05, 3.63) is 0 Å². The van der Waals surface area contributed by atoms with Crippen molar-refractivity contribution in [2.75, 3.05) is 0 Å². The Morgan fingerprint density at radius 3 is 1.86 bits per heavy atom. The maximum absolute atomic E-state index is 5.18. The fourth-order valence-electron chi connectivity index (χ4n) is 0.204. The number of rotatable bonds is 1. The van der Waals surface area contributed by atoms with E-state index < -0.39 is 0 Å². The highest BCUT2D eigenvalue weighted by Gasteiger charge is 2.08. The molecule has 0 amide bonds. The second kappa shape index (κ2) is 2.71. The van der Waals surface area contributed by atoms with Crippen LogP contribution >= 0.6 is 11.5 Å². The molecule has 0 aromatic heterocycles. The molecule has 0 N–H and O–H groups in total. The summed E-state index contributed by atoms with van der Waals surface area (Å²) in [4.78, 5) is 0. The molecule has 7 heavy (non-hydrogen) atoms. The smallest absolute Gasteiger partial charge is 0.180 e. The lowest BCUT2D eigenvalue weighted by Gasteiger charge is -2.13. The lowest BCUT2D eigenvalue weighted by Crippen LogP contribution is -2.03. The Morgan fingerprint density at radius 1 is 1.43 bits per heavy atom. The van der Waals surface area contributed by atoms with E-state index in [1.165, 1.54) is 11.5 Å². The first-order chi connectivity index (χ1) is 3.06. The van der Waals surface area contributed by atoms with Gasteiger partial charge >= 0.3 is 0 Å². The molecule has 37 valence electrons. The summed E-state index contributed by atoms with van der Waals surface area (Å²) in [7, 11) is 5.18. The highest BCUT2D eigenvalue weighted by atomic mass is 32.2. The molecule has 0 atom stereocenters. The fourth-order valence-corrected chi connectivity index (χ4v) is 0.612. The van der Waals surface area contributed by atoms with Crippen molar-refractivity contribution in [1.29, 1.82) is 0 Å². The second-order valence-corrected chi connectivity index (χ2v) is 3.13. The van der Waals surface area contributed by atoms with Crippen LogP contribution in [0.25, 0.3) is 0 Å². The van der Waals surface area contributed by atoms with E-state index in [9.17, 15) is 0 Å². The first-order valence-corrected chi connectivity index (χ1v) is 3.20. The maximum atomic E-state index is 5.18. The Morgan fingerprint density at radius 2 is 1.86 bits per heavy atom. The molecule has 0 saturated heterocycles. The zero-order valence-electron chi connectivity index (χ0n) is 5.06. The van der Waals surface area contributed by atoms with Gasteiger partial charge in [0.25, 0.3) is 0 Å². The van der Waals surface area contributed by atoms with Crippen LogP contribution in [0.1, 0.15) is 20.8 Å². The number of hydrogen-bond acceptors (Lipinski definition) is 1. The predicted octanol–water partition coefficient (Wildman–Crippen LogP) is 1.64. The molecule has 3 heteroatoms. The van der Waals surface area contributed by atoms with Gasteiger partial charge in [-0.3, -0.25) is 11.5 Å². The third kappa shape index (κ3) is 6.48. The molecule has 0 unspecified atom stereocenters. The van der Waals surface area contributed by atoms with E-state index in [0.29, 0.717) is 0 Å². The highest BCUT2D eigenvalue weighted by Crippen LogP contribution is 2.23. The topological polar surface area (TPSA) is 0 Å². The predicted molar refractivity (Wildman–Crippen MR) is 38.8 cm³/mol. The summed E-state index contributed by atoms with van der Waals surface area (Å²) in [5, 5.41) is 0.263. The molecule has 0 rings (SSSR count). The minimum atomic E-state index is 0.263. The van der Waals surface area contributed by atoms with Crippen LogP contribution in [0.15, 0.2) is 0 Å². The molecule has 0 aliphatic heterocycles. The van der Waals surface area contributed by atoms with E-state index in [1.54, 1.807) is 0 Å². The molecule has 0 aliphatic rings. The Labute approximate surface area is 51.9 Å². The van der Waals surface area contributed by atoms with E-state index in [-0.39, 0.29) is 5.31 Å². The molecule has 0 aromatic rings. The van der Waals surface area contributed by atoms with Gasteiger partial charge in [-0.2, -0.15) is 0 Å². The average molecular weight is 111 g/mol. The summed E-state index contributed by atoms with van der Waals surface area (Å²) in [6.07, 6.45) is 0. The zero-order chi connectivity index (χ0) is 5.91. The summed E-state index contributed by atoms with van der Waals surface area (Å²) in [5.74, 6) is 0. The van der Waals surface area contributed by atoms with Gasteiger partial charge in [0, 0.05) is 0 Å². The van der Waals surface area contributed by atoms with E-state index in [2.05, 4.69) is 20.8 Å². The van der Waals surface area contributed by atoms with Gasteiger partial charge < -0.3 is 0 Å². The third-order valence-electron chi connectivity index (χ3n) is 0.422. The molecule has 3 radical (unpaired) electrons. The van der Waals surface area contributed by atoms with Gasteiger partial charge in [-0.15, -0.1) is 0 Å². The lowest BCUT2D eigenvalue weighted by molar-refractivity contribution is 0.764. The van der Waals surface area contributed by atoms with Crippen molar-refractivity contribution >= 4 is 25.1 Å². The van der Waals surface area contributed by atoms with Crippen LogP contribution in [-0.2, 0) is 0 Å². The Kier molecular flexibility index (Phi) is 2.89. The highest BCUT2D eigenvalue weighted by molar-refractivity contribution is 8.38. The van der Waals surface area contributed by atoms with Crippen LogP contribution in [0, 0.1) is 0 Å². The first-order valence-electron chi connectivity index (χ1n) is 2.26. The van der Waals surface area contributed by atoms with Crippen molar-refractivity contribution in [1.82, 2.24) is 0 Å². The Hall–Kier alpha value is 0.480. The molecule has 0 aliphatic carbocycles. The minimum Gasteiger partial charge on any atom is -0.276 e. The Balaban J connectivity index is 3.15. The van der Waals surface area contributed by atoms with Crippen LogP contribution < -0.4 is 0 Å². The van der Waals surface area contributed by atoms with Crippen molar-refractivity contribution in [2.24, 2.45) is 0 Å². The van der Waals surface area contributed by atoms with Crippen LogP contribution in [0.3, 0.4) is 0 Å². The molecular formula is C4H9B2S. The summed E-state index contributed by atoms with van der Waals surface area (Å²) in [6.45, 7) is 8.36. The van der Waals surface area contributed by atoms with Crippen molar-refractivity contribution < 1.29 is 0 Å². The van der Waals surface area contributed by atoms with Crippen molar-refractivity contribution in [2.45, 2.75) is 26.1 Å².